The van der Waals surface area contributed by atoms with Gasteiger partial charge in [0.05, 0.1) is 6.61 Å². The number of rotatable bonds is 3. The van der Waals surface area contributed by atoms with Gasteiger partial charge in [0.2, 0.25) is 0 Å². The van der Waals surface area contributed by atoms with Crippen LogP contribution in [0.3, 0.4) is 0 Å². The summed E-state index contributed by atoms with van der Waals surface area (Å²) < 4.78 is 5.31. The summed E-state index contributed by atoms with van der Waals surface area (Å²) in [6.07, 6.45) is 4.09. The van der Waals surface area contributed by atoms with Gasteiger partial charge in [-0.3, -0.25) is 0 Å². The molecule has 0 aliphatic heterocycles. The predicted molar refractivity (Wildman–Crippen MR) is 52.3 cm³/mol. The molecule has 1 aromatic carbocycles. The van der Waals surface area contributed by atoms with Gasteiger partial charge in [0.1, 0.15) is 5.75 Å². The van der Waals surface area contributed by atoms with Crippen LogP contribution >= 0.6 is 0 Å². The number of ether oxygens (including phenoxy) is 1. The molecule has 0 heterocycles. The van der Waals surface area contributed by atoms with E-state index in [9.17, 15) is 0 Å². The van der Waals surface area contributed by atoms with Crippen molar-refractivity contribution >= 4 is 6.08 Å². The molecule has 0 aromatic heterocycles. The summed E-state index contributed by atoms with van der Waals surface area (Å²) in [5, 5.41) is 0. The molecule has 64 valence electrons. The third-order valence-corrected chi connectivity index (χ3v) is 1.55. The Hall–Kier alpha value is -1.24. The Bertz CT molecular complexity index is 246. The van der Waals surface area contributed by atoms with Gasteiger partial charge in [0.25, 0.3) is 0 Å². The minimum absolute atomic E-state index is 0.725. The van der Waals surface area contributed by atoms with Crippen LogP contribution in [-0.2, 0) is 0 Å². The molecule has 1 heteroatoms. The van der Waals surface area contributed by atoms with Crippen LogP contribution in [0.15, 0.2) is 30.3 Å². The number of hydrogen-bond acceptors (Lipinski definition) is 1. The van der Waals surface area contributed by atoms with E-state index in [-0.39, 0.29) is 0 Å². The molecule has 1 rings (SSSR count). The highest BCUT2D eigenvalue weighted by atomic mass is 16.5. The van der Waals surface area contributed by atoms with Gasteiger partial charge < -0.3 is 4.74 Å². The lowest BCUT2D eigenvalue weighted by molar-refractivity contribution is 0.340. The number of benzene rings is 1. The highest BCUT2D eigenvalue weighted by Gasteiger charge is 1.89. The molecule has 0 saturated heterocycles. The van der Waals surface area contributed by atoms with E-state index in [4.69, 9.17) is 4.74 Å². The first kappa shape index (κ1) is 8.85. The van der Waals surface area contributed by atoms with Crippen molar-refractivity contribution in [1.82, 2.24) is 0 Å². The van der Waals surface area contributed by atoms with E-state index in [1.165, 1.54) is 5.56 Å². The van der Waals surface area contributed by atoms with Crippen LogP contribution in [0, 0.1) is 0 Å². The standard InChI is InChI=1S/C11H14O/c1-3-5-10-6-8-11(9-7-10)12-4-2/h3,5-9H,4H2,1-2H3. The maximum Gasteiger partial charge on any atom is 0.119 e. The van der Waals surface area contributed by atoms with E-state index in [0.29, 0.717) is 0 Å². The zero-order valence-electron chi connectivity index (χ0n) is 7.58. The Morgan fingerprint density at radius 3 is 2.42 bits per heavy atom. The van der Waals surface area contributed by atoms with E-state index in [0.717, 1.165) is 12.4 Å². The largest absolute Gasteiger partial charge is 0.494 e. The second kappa shape index (κ2) is 4.60. The first-order valence-electron chi connectivity index (χ1n) is 4.22. The van der Waals surface area contributed by atoms with Crippen LogP contribution in [0.25, 0.3) is 6.08 Å². The molecular formula is C11H14O. The fourth-order valence-corrected chi connectivity index (χ4v) is 1.03. The number of allylic oxidation sites excluding steroid dienone is 1. The zero-order valence-corrected chi connectivity index (χ0v) is 7.58. The van der Waals surface area contributed by atoms with Crippen molar-refractivity contribution in [2.45, 2.75) is 13.8 Å². The lowest BCUT2D eigenvalue weighted by Gasteiger charge is -2.01. The molecular weight excluding hydrogens is 148 g/mol. The van der Waals surface area contributed by atoms with Gasteiger partial charge in [0, 0.05) is 0 Å². The fraction of sp³-hybridized carbons (Fsp3) is 0.273. The normalized spacial score (nSPS) is 10.5. The van der Waals surface area contributed by atoms with Gasteiger partial charge in [-0.2, -0.15) is 0 Å². The van der Waals surface area contributed by atoms with Gasteiger partial charge >= 0.3 is 0 Å². The molecule has 0 bridgehead atoms. The second-order valence-electron chi connectivity index (χ2n) is 2.50. The van der Waals surface area contributed by atoms with Crippen LogP contribution in [0.2, 0.25) is 0 Å². The van der Waals surface area contributed by atoms with E-state index in [2.05, 4.69) is 6.08 Å². The van der Waals surface area contributed by atoms with Crippen molar-refractivity contribution in [3.05, 3.63) is 35.9 Å². The maximum atomic E-state index is 5.31. The molecule has 0 N–H and O–H groups in total. The van der Waals surface area contributed by atoms with Gasteiger partial charge in [-0.1, -0.05) is 24.3 Å². The summed E-state index contributed by atoms with van der Waals surface area (Å²) in [6, 6.07) is 8.06. The lowest BCUT2D eigenvalue weighted by atomic mass is 10.2. The van der Waals surface area contributed by atoms with Crippen molar-refractivity contribution in [3.63, 3.8) is 0 Å². The summed E-state index contributed by atoms with van der Waals surface area (Å²) in [4.78, 5) is 0. The van der Waals surface area contributed by atoms with Crippen molar-refractivity contribution in [2.75, 3.05) is 6.61 Å². The van der Waals surface area contributed by atoms with Crippen LogP contribution in [-0.4, -0.2) is 6.61 Å². The molecule has 0 atom stereocenters. The topological polar surface area (TPSA) is 9.23 Å². The second-order valence-corrected chi connectivity index (χ2v) is 2.50. The van der Waals surface area contributed by atoms with E-state index >= 15 is 0 Å². The number of hydrogen-bond donors (Lipinski definition) is 0. The van der Waals surface area contributed by atoms with Crippen molar-refractivity contribution in [2.24, 2.45) is 0 Å². The maximum absolute atomic E-state index is 5.31. The molecule has 0 aliphatic rings. The molecule has 0 aliphatic carbocycles. The average Bonchev–Trinajstić information content (AvgIpc) is 2.09. The minimum atomic E-state index is 0.725. The Morgan fingerprint density at radius 1 is 1.25 bits per heavy atom. The zero-order chi connectivity index (χ0) is 8.81. The Morgan fingerprint density at radius 2 is 1.92 bits per heavy atom. The SMILES string of the molecule is CC=Cc1ccc(OCC)cc1. The summed E-state index contributed by atoms with van der Waals surface area (Å²) in [6.45, 7) is 4.72. The van der Waals surface area contributed by atoms with Crippen molar-refractivity contribution in [1.29, 1.82) is 0 Å². The molecule has 0 spiro atoms. The first-order chi connectivity index (χ1) is 5.86. The summed E-state index contributed by atoms with van der Waals surface area (Å²) >= 11 is 0. The smallest absolute Gasteiger partial charge is 0.119 e. The molecule has 1 nitrogen and oxygen atoms in total. The monoisotopic (exact) mass is 162 g/mol. The quantitative estimate of drug-likeness (QED) is 0.663. The third-order valence-electron chi connectivity index (χ3n) is 1.55. The summed E-state index contributed by atoms with van der Waals surface area (Å²) in [5.41, 5.74) is 1.21. The molecule has 0 amide bonds. The fourth-order valence-electron chi connectivity index (χ4n) is 1.03. The van der Waals surface area contributed by atoms with Crippen LogP contribution in [0.1, 0.15) is 19.4 Å². The first-order valence-corrected chi connectivity index (χ1v) is 4.22. The van der Waals surface area contributed by atoms with Gasteiger partial charge in [0.15, 0.2) is 0 Å². The minimum Gasteiger partial charge on any atom is -0.494 e. The molecule has 0 saturated carbocycles. The van der Waals surface area contributed by atoms with Crippen LogP contribution < -0.4 is 4.74 Å². The molecule has 1 aromatic rings. The van der Waals surface area contributed by atoms with Gasteiger partial charge in [-0.15, -0.1) is 0 Å². The van der Waals surface area contributed by atoms with Crippen LogP contribution in [0.4, 0.5) is 0 Å². The van der Waals surface area contributed by atoms with Crippen molar-refractivity contribution < 1.29 is 4.74 Å². The van der Waals surface area contributed by atoms with Gasteiger partial charge in [-0.25, -0.2) is 0 Å². The van der Waals surface area contributed by atoms with Gasteiger partial charge in [-0.05, 0) is 31.5 Å². The lowest BCUT2D eigenvalue weighted by Crippen LogP contribution is -1.90. The Kier molecular flexibility index (Phi) is 3.39. The average molecular weight is 162 g/mol. The van der Waals surface area contributed by atoms with Crippen LogP contribution in [0.5, 0.6) is 5.75 Å². The molecule has 0 radical (unpaired) electrons. The third kappa shape index (κ3) is 2.42. The summed E-state index contributed by atoms with van der Waals surface area (Å²) in [5.74, 6) is 0.936. The molecule has 0 unspecified atom stereocenters. The molecule has 0 fully saturated rings. The Labute approximate surface area is 73.7 Å². The van der Waals surface area contributed by atoms with Crippen molar-refractivity contribution in [3.8, 4) is 5.75 Å². The Balaban J connectivity index is 2.71. The summed E-state index contributed by atoms with van der Waals surface area (Å²) in [7, 11) is 0. The van der Waals surface area contributed by atoms with E-state index < -0.39 is 0 Å². The highest BCUT2D eigenvalue weighted by molar-refractivity contribution is 5.50. The highest BCUT2D eigenvalue weighted by Crippen LogP contribution is 2.12. The van der Waals surface area contributed by atoms with E-state index in [1.54, 1.807) is 0 Å². The predicted octanol–water partition coefficient (Wildman–Crippen LogP) is 3.12. The van der Waals surface area contributed by atoms with E-state index in [1.807, 2.05) is 44.2 Å². The molecule has 12 heavy (non-hydrogen) atoms.